The van der Waals surface area contributed by atoms with Crippen LogP contribution in [0, 0.1) is 5.92 Å². The second kappa shape index (κ2) is 7.19. The molecule has 1 N–H and O–H groups in total. The van der Waals surface area contributed by atoms with E-state index in [-0.39, 0.29) is 0 Å². The van der Waals surface area contributed by atoms with E-state index in [2.05, 4.69) is 35.4 Å². The molecule has 0 saturated carbocycles. The summed E-state index contributed by atoms with van der Waals surface area (Å²) in [6.45, 7) is 8.66. The number of aromatic nitrogens is 2. The first-order valence-corrected chi connectivity index (χ1v) is 7.14. The van der Waals surface area contributed by atoms with Crippen LogP contribution in [0.5, 0.6) is 0 Å². The highest BCUT2D eigenvalue weighted by Crippen LogP contribution is 2.19. The van der Waals surface area contributed by atoms with Crippen LogP contribution in [-0.2, 0) is 6.42 Å². The minimum absolute atomic E-state index is 0.725. The molecule has 1 aromatic heterocycles. The van der Waals surface area contributed by atoms with E-state index >= 15 is 0 Å². The van der Waals surface area contributed by atoms with Gasteiger partial charge in [0, 0.05) is 18.7 Å². The van der Waals surface area contributed by atoms with Crippen molar-refractivity contribution >= 4 is 23.3 Å². The molecule has 0 unspecified atom stereocenters. The minimum atomic E-state index is 0.725. The lowest BCUT2D eigenvalue weighted by Gasteiger charge is -2.05. The maximum absolute atomic E-state index is 4.40. The average molecular weight is 245 g/mol. The van der Waals surface area contributed by atoms with Crippen molar-refractivity contribution in [3.8, 4) is 0 Å². The molecule has 0 bridgehead atoms. The second-order valence-electron chi connectivity index (χ2n) is 3.78. The maximum Gasteiger partial charge on any atom is 0.170 e. The summed E-state index contributed by atoms with van der Waals surface area (Å²) in [7, 11) is 0. The third-order valence-electron chi connectivity index (χ3n) is 1.82. The van der Waals surface area contributed by atoms with Gasteiger partial charge in [-0.3, -0.25) is 0 Å². The van der Waals surface area contributed by atoms with Crippen LogP contribution in [0.25, 0.3) is 0 Å². The van der Waals surface area contributed by atoms with Crippen molar-refractivity contribution in [1.29, 1.82) is 0 Å². The molecule has 0 aliphatic carbocycles. The van der Waals surface area contributed by atoms with Crippen LogP contribution in [0.1, 0.15) is 26.6 Å². The first-order valence-electron chi connectivity index (χ1n) is 5.38. The van der Waals surface area contributed by atoms with E-state index in [0.29, 0.717) is 0 Å². The normalized spacial score (nSPS) is 11.2. The van der Waals surface area contributed by atoms with E-state index < -0.39 is 0 Å². The minimum Gasteiger partial charge on any atom is -0.316 e. The Labute approximate surface area is 100 Å². The van der Waals surface area contributed by atoms with Crippen LogP contribution in [0.2, 0.25) is 0 Å². The van der Waals surface area contributed by atoms with Gasteiger partial charge in [-0.15, -0.1) is 0 Å². The van der Waals surface area contributed by atoms with Crippen LogP contribution in [0.3, 0.4) is 0 Å². The molecule has 3 nitrogen and oxygen atoms in total. The van der Waals surface area contributed by atoms with Crippen molar-refractivity contribution in [2.75, 3.05) is 18.8 Å². The summed E-state index contributed by atoms with van der Waals surface area (Å²) in [5, 5.41) is 3.41. The lowest BCUT2D eigenvalue weighted by atomic mass is 10.2. The van der Waals surface area contributed by atoms with Gasteiger partial charge in [-0.2, -0.15) is 4.37 Å². The Balaban J connectivity index is 2.09. The van der Waals surface area contributed by atoms with E-state index in [9.17, 15) is 0 Å². The number of nitrogens with one attached hydrogen (secondary N) is 1. The van der Waals surface area contributed by atoms with E-state index in [1.807, 2.05) is 0 Å². The Hall–Kier alpha value is -0.130. The molecule has 0 radical (unpaired) electrons. The summed E-state index contributed by atoms with van der Waals surface area (Å²) in [5.74, 6) is 2.77. The molecular formula is C10H19N3S2. The third kappa shape index (κ3) is 5.49. The van der Waals surface area contributed by atoms with Gasteiger partial charge in [0.1, 0.15) is 5.82 Å². The quantitative estimate of drug-likeness (QED) is 0.591. The lowest BCUT2D eigenvalue weighted by Crippen LogP contribution is -2.21. The van der Waals surface area contributed by atoms with E-state index in [1.54, 1.807) is 11.8 Å². The molecule has 1 aromatic rings. The van der Waals surface area contributed by atoms with Crippen molar-refractivity contribution in [1.82, 2.24) is 14.7 Å². The summed E-state index contributed by atoms with van der Waals surface area (Å²) in [4.78, 5) is 4.40. The Bertz CT molecular complexity index is 273. The third-order valence-corrected chi connectivity index (χ3v) is 3.70. The number of aryl methyl sites for hydroxylation is 1. The van der Waals surface area contributed by atoms with Crippen LogP contribution < -0.4 is 5.32 Å². The highest BCUT2D eigenvalue weighted by molar-refractivity contribution is 8.00. The number of hydrogen-bond acceptors (Lipinski definition) is 5. The number of hydrogen-bond donors (Lipinski definition) is 1. The molecule has 0 aliphatic rings. The molecule has 0 fully saturated rings. The van der Waals surface area contributed by atoms with Crippen molar-refractivity contribution in [3.05, 3.63) is 5.82 Å². The summed E-state index contributed by atoms with van der Waals surface area (Å²) in [5.41, 5.74) is 0. The summed E-state index contributed by atoms with van der Waals surface area (Å²) in [6, 6.07) is 0. The predicted molar refractivity (Wildman–Crippen MR) is 67.7 cm³/mol. The van der Waals surface area contributed by atoms with Gasteiger partial charge in [-0.1, -0.05) is 32.5 Å². The standard InChI is InChI=1S/C10H19N3S2/c1-4-9-12-10(15-13-9)14-6-5-11-7-8(2)3/h8,11H,4-7H2,1-3H3. The van der Waals surface area contributed by atoms with Gasteiger partial charge in [0.2, 0.25) is 0 Å². The van der Waals surface area contributed by atoms with Crippen molar-refractivity contribution in [2.45, 2.75) is 31.5 Å². The van der Waals surface area contributed by atoms with Crippen LogP contribution >= 0.6 is 23.3 Å². The fraction of sp³-hybridized carbons (Fsp3) is 0.800. The molecular weight excluding hydrogens is 226 g/mol. The van der Waals surface area contributed by atoms with Gasteiger partial charge < -0.3 is 5.32 Å². The Kier molecular flexibility index (Phi) is 6.20. The molecule has 0 saturated heterocycles. The molecule has 15 heavy (non-hydrogen) atoms. The number of thioether (sulfide) groups is 1. The number of nitrogens with zero attached hydrogens (tertiary/aromatic N) is 2. The zero-order valence-corrected chi connectivity index (χ0v) is 11.2. The molecule has 0 aromatic carbocycles. The first-order chi connectivity index (χ1) is 7.22. The smallest absolute Gasteiger partial charge is 0.170 e. The highest BCUT2D eigenvalue weighted by Gasteiger charge is 2.02. The van der Waals surface area contributed by atoms with Crippen molar-refractivity contribution < 1.29 is 0 Å². The SMILES string of the molecule is CCc1nsc(SCCNCC(C)C)n1. The summed E-state index contributed by atoms with van der Waals surface area (Å²) in [6.07, 6.45) is 0.933. The summed E-state index contributed by atoms with van der Waals surface area (Å²) >= 11 is 3.30. The lowest BCUT2D eigenvalue weighted by molar-refractivity contribution is 0.568. The van der Waals surface area contributed by atoms with Crippen molar-refractivity contribution in [3.63, 3.8) is 0 Å². The molecule has 86 valence electrons. The average Bonchev–Trinajstić information content (AvgIpc) is 2.65. The topological polar surface area (TPSA) is 37.8 Å². The number of rotatable bonds is 7. The fourth-order valence-corrected chi connectivity index (χ4v) is 2.70. The fourth-order valence-electron chi connectivity index (χ4n) is 1.04. The van der Waals surface area contributed by atoms with E-state index in [0.717, 1.165) is 41.3 Å². The monoisotopic (exact) mass is 245 g/mol. The molecule has 0 atom stereocenters. The maximum atomic E-state index is 4.40. The molecule has 1 rings (SSSR count). The summed E-state index contributed by atoms with van der Waals surface area (Å²) < 4.78 is 5.35. The molecule has 1 heterocycles. The molecule has 5 heteroatoms. The van der Waals surface area contributed by atoms with E-state index in [1.165, 1.54) is 11.5 Å². The van der Waals surface area contributed by atoms with E-state index in [4.69, 9.17) is 0 Å². The molecule has 0 spiro atoms. The van der Waals surface area contributed by atoms with Crippen molar-refractivity contribution in [2.24, 2.45) is 5.92 Å². The van der Waals surface area contributed by atoms with Crippen LogP contribution in [0.4, 0.5) is 0 Å². The van der Waals surface area contributed by atoms with Gasteiger partial charge in [0.15, 0.2) is 4.34 Å². The molecule has 0 amide bonds. The Morgan fingerprint density at radius 3 is 2.87 bits per heavy atom. The predicted octanol–water partition coefficient (Wildman–Crippen LogP) is 2.44. The molecule has 0 aliphatic heterocycles. The van der Waals surface area contributed by atoms with Gasteiger partial charge in [0.25, 0.3) is 0 Å². The van der Waals surface area contributed by atoms with Gasteiger partial charge in [-0.25, -0.2) is 4.98 Å². The largest absolute Gasteiger partial charge is 0.316 e. The van der Waals surface area contributed by atoms with Gasteiger partial charge in [-0.05, 0) is 24.0 Å². The first kappa shape index (κ1) is 12.9. The van der Waals surface area contributed by atoms with Crippen LogP contribution in [-0.4, -0.2) is 28.2 Å². The second-order valence-corrected chi connectivity index (χ2v) is 5.87. The van der Waals surface area contributed by atoms with Gasteiger partial charge in [0.05, 0.1) is 0 Å². The van der Waals surface area contributed by atoms with Gasteiger partial charge >= 0.3 is 0 Å². The Morgan fingerprint density at radius 2 is 2.27 bits per heavy atom. The zero-order chi connectivity index (χ0) is 11.1. The van der Waals surface area contributed by atoms with Crippen LogP contribution in [0.15, 0.2) is 4.34 Å². The highest BCUT2D eigenvalue weighted by atomic mass is 32.2. The Morgan fingerprint density at radius 1 is 1.47 bits per heavy atom. The zero-order valence-electron chi connectivity index (χ0n) is 9.62.